The van der Waals surface area contributed by atoms with E-state index in [-0.39, 0.29) is 34.5 Å². The first-order chi connectivity index (χ1) is 21.5. The van der Waals surface area contributed by atoms with Crippen LogP contribution >= 0.6 is 0 Å². The van der Waals surface area contributed by atoms with Crippen molar-refractivity contribution in [3.05, 3.63) is 140 Å². The highest BCUT2D eigenvalue weighted by atomic mass is 16.3. The number of hydrogen-bond acceptors (Lipinski definition) is 6. The standard InChI is InChI=1S/C40H42O6/c1-21-15-33(41)25(5)13-29(21)39(7,30-14-26(6)34(42)16-22(30)2)27-9-11-28(12-10-27)40(8,31-19-37(45)35(43)17-23(31)3)32-20-38(46)36(44)18-24(32)4/h9-20,41-46H,1-8H3. The van der Waals surface area contributed by atoms with E-state index in [0.717, 1.165) is 66.8 Å². The van der Waals surface area contributed by atoms with Crippen molar-refractivity contribution < 1.29 is 30.6 Å². The highest BCUT2D eigenvalue weighted by Crippen LogP contribution is 2.49. The quantitative estimate of drug-likeness (QED) is 0.0839. The molecule has 46 heavy (non-hydrogen) atoms. The molecular weight excluding hydrogens is 576 g/mol. The van der Waals surface area contributed by atoms with Gasteiger partial charge in [-0.15, -0.1) is 0 Å². The van der Waals surface area contributed by atoms with E-state index in [9.17, 15) is 30.6 Å². The lowest BCUT2D eigenvalue weighted by molar-refractivity contribution is 0.400. The summed E-state index contributed by atoms with van der Waals surface area (Å²) in [5, 5.41) is 62.8. The Hall–Kier alpha value is -5.10. The average Bonchev–Trinajstić information content (AvgIpc) is 3.00. The Labute approximate surface area is 270 Å². The SMILES string of the molecule is Cc1cc(C(C)(c2ccc(C(C)(c3cc(O)c(O)cc3C)c3cc(O)c(O)cc3C)cc2)c2cc(C)c(O)cc2C)c(C)cc1O. The predicted octanol–water partition coefficient (Wildman–Crippen LogP) is 8.48. The maximum atomic E-state index is 10.6. The highest BCUT2D eigenvalue weighted by Gasteiger charge is 2.38. The third-order valence-corrected chi connectivity index (χ3v) is 9.92. The second kappa shape index (κ2) is 11.4. The fraction of sp³-hybridized carbons (Fsp3) is 0.250. The molecule has 6 N–H and O–H groups in total. The molecule has 0 radical (unpaired) electrons. The molecule has 0 unspecified atom stereocenters. The van der Waals surface area contributed by atoms with Crippen LogP contribution in [0.25, 0.3) is 0 Å². The summed E-state index contributed by atoms with van der Waals surface area (Å²) in [6.45, 7) is 15.6. The van der Waals surface area contributed by atoms with Gasteiger partial charge in [-0.3, -0.25) is 0 Å². The van der Waals surface area contributed by atoms with Gasteiger partial charge in [-0.25, -0.2) is 0 Å². The summed E-state index contributed by atoms with van der Waals surface area (Å²) in [4.78, 5) is 0. The Morgan fingerprint density at radius 3 is 0.870 bits per heavy atom. The van der Waals surface area contributed by atoms with Crippen molar-refractivity contribution in [3.63, 3.8) is 0 Å². The first-order valence-electron chi connectivity index (χ1n) is 15.3. The third-order valence-electron chi connectivity index (χ3n) is 9.92. The number of aromatic hydroxyl groups is 6. The minimum atomic E-state index is -0.921. The van der Waals surface area contributed by atoms with Gasteiger partial charge >= 0.3 is 0 Å². The lowest BCUT2D eigenvalue weighted by atomic mass is 9.65. The van der Waals surface area contributed by atoms with Gasteiger partial charge in [-0.05, 0) is 159 Å². The summed E-state index contributed by atoms with van der Waals surface area (Å²) >= 11 is 0. The number of phenolic OH excluding ortho intramolecular Hbond substituents is 6. The highest BCUT2D eigenvalue weighted by molar-refractivity contribution is 5.63. The fourth-order valence-corrected chi connectivity index (χ4v) is 7.17. The minimum absolute atomic E-state index is 0.223. The van der Waals surface area contributed by atoms with E-state index in [4.69, 9.17) is 0 Å². The van der Waals surface area contributed by atoms with Gasteiger partial charge in [0.25, 0.3) is 0 Å². The van der Waals surface area contributed by atoms with E-state index in [1.165, 1.54) is 12.1 Å². The summed E-state index contributed by atoms with van der Waals surface area (Å²) in [7, 11) is 0. The number of rotatable bonds is 6. The van der Waals surface area contributed by atoms with Crippen LogP contribution in [0.1, 0.15) is 80.6 Å². The van der Waals surface area contributed by atoms with Gasteiger partial charge in [-0.1, -0.05) is 36.4 Å². The van der Waals surface area contributed by atoms with Crippen molar-refractivity contribution in [3.8, 4) is 34.5 Å². The molecule has 0 heterocycles. The molecule has 0 spiro atoms. The number of phenols is 6. The van der Waals surface area contributed by atoms with Crippen LogP contribution in [-0.4, -0.2) is 30.6 Å². The van der Waals surface area contributed by atoms with E-state index in [1.54, 1.807) is 24.3 Å². The van der Waals surface area contributed by atoms with Gasteiger partial charge in [0.1, 0.15) is 11.5 Å². The van der Waals surface area contributed by atoms with Crippen molar-refractivity contribution in [2.75, 3.05) is 0 Å². The molecule has 0 fully saturated rings. The van der Waals surface area contributed by atoms with Crippen LogP contribution in [-0.2, 0) is 10.8 Å². The molecule has 5 rings (SSSR count). The Bertz CT molecular complexity index is 1730. The molecule has 0 aliphatic rings. The van der Waals surface area contributed by atoms with E-state index >= 15 is 0 Å². The maximum Gasteiger partial charge on any atom is 0.157 e. The van der Waals surface area contributed by atoms with Crippen LogP contribution in [0.15, 0.2) is 72.8 Å². The lowest BCUT2D eigenvalue weighted by Gasteiger charge is -2.37. The van der Waals surface area contributed by atoms with Crippen LogP contribution < -0.4 is 0 Å². The lowest BCUT2D eigenvalue weighted by Crippen LogP contribution is -2.30. The van der Waals surface area contributed by atoms with Gasteiger partial charge in [0, 0.05) is 10.8 Å². The molecule has 0 saturated carbocycles. The van der Waals surface area contributed by atoms with Crippen LogP contribution in [0.2, 0.25) is 0 Å². The zero-order chi connectivity index (χ0) is 33.9. The summed E-state index contributed by atoms with van der Waals surface area (Å²) in [6.07, 6.45) is 0. The molecule has 0 saturated heterocycles. The molecule has 0 aliphatic heterocycles. The summed E-state index contributed by atoms with van der Waals surface area (Å²) < 4.78 is 0. The number of aryl methyl sites for hydroxylation is 6. The van der Waals surface area contributed by atoms with Crippen molar-refractivity contribution in [1.82, 2.24) is 0 Å². The third kappa shape index (κ3) is 5.08. The molecular formula is C40H42O6. The van der Waals surface area contributed by atoms with E-state index in [2.05, 4.69) is 19.1 Å². The van der Waals surface area contributed by atoms with Crippen molar-refractivity contribution in [1.29, 1.82) is 0 Å². The summed E-state index contributed by atoms with van der Waals surface area (Å²) in [5.74, 6) is -0.499. The van der Waals surface area contributed by atoms with Crippen molar-refractivity contribution >= 4 is 0 Å². The molecule has 6 nitrogen and oxygen atoms in total. The van der Waals surface area contributed by atoms with Crippen molar-refractivity contribution in [2.45, 2.75) is 66.2 Å². The summed E-state index contributed by atoms with van der Waals surface area (Å²) in [6, 6.07) is 22.0. The van der Waals surface area contributed by atoms with Gasteiger partial charge in [0.05, 0.1) is 0 Å². The van der Waals surface area contributed by atoms with Crippen LogP contribution in [0.4, 0.5) is 0 Å². The molecule has 6 heteroatoms. The molecule has 0 aliphatic carbocycles. The molecule has 5 aromatic carbocycles. The topological polar surface area (TPSA) is 121 Å². The first-order valence-corrected chi connectivity index (χ1v) is 15.3. The Kier molecular flexibility index (Phi) is 7.98. The molecule has 0 amide bonds. The van der Waals surface area contributed by atoms with E-state index < -0.39 is 10.8 Å². The molecule has 0 atom stereocenters. The second-order valence-corrected chi connectivity index (χ2v) is 13.0. The van der Waals surface area contributed by atoms with Gasteiger partial charge < -0.3 is 30.6 Å². The van der Waals surface area contributed by atoms with Gasteiger partial charge in [0.2, 0.25) is 0 Å². The van der Waals surface area contributed by atoms with Crippen LogP contribution in [0.5, 0.6) is 34.5 Å². The first kappa shape index (κ1) is 32.3. The van der Waals surface area contributed by atoms with E-state index in [1.807, 2.05) is 72.7 Å². The Morgan fingerprint density at radius 2 is 0.565 bits per heavy atom. The van der Waals surface area contributed by atoms with Crippen molar-refractivity contribution in [2.24, 2.45) is 0 Å². The Balaban J connectivity index is 1.81. The molecule has 0 aromatic heterocycles. The number of benzene rings is 5. The van der Waals surface area contributed by atoms with E-state index in [0.29, 0.717) is 0 Å². The predicted molar refractivity (Wildman–Crippen MR) is 182 cm³/mol. The normalized spacial score (nSPS) is 12.0. The monoisotopic (exact) mass is 618 g/mol. The zero-order valence-corrected chi connectivity index (χ0v) is 27.6. The van der Waals surface area contributed by atoms with Crippen LogP contribution in [0.3, 0.4) is 0 Å². The Morgan fingerprint density at radius 1 is 0.326 bits per heavy atom. The average molecular weight is 619 g/mol. The zero-order valence-electron chi connectivity index (χ0n) is 27.6. The second-order valence-electron chi connectivity index (χ2n) is 13.0. The molecule has 0 bridgehead atoms. The van der Waals surface area contributed by atoms with Crippen LogP contribution in [0, 0.1) is 41.5 Å². The molecule has 238 valence electrons. The van der Waals surface area contributed by atoms with Gasteiger partial charge in [0.15, 0.2) is 23.0 Å². The number of hydrogen-bond donors (Lipinski definition) is 6. The summed E-state index contributed by atoms with van der Waals surface area (Å²) in [5.41, 5.74) is 8.57. The van der Waals surface area contributed by atoms with Gasteiger partial charge in [-0.2, -0.15) is 0 Å². The smallest absolute Gasteiger partial charge is 0.157 e. The largest absolute Gasteiger partial charge is 0.508 e. The fourth-order valence-electron chi connectivity index (χ4n) is 7.17. The molecule has 5 aromatic rings. The maximum absolute atomic E-state index is 10.6. The minimum Gasteiger partial charge on any atom is -0.508 e.